The average Bonchev–Trinajstić information content (AvgIpc) is 2.74. The van der Waals surface area contributed by atoms with Crippen LogP contribution in [0.4, 0.5) is 17.1 Å². The molecular formula is C22H21N3O5S. The number of nitrogens with one attached hydrogen (secondary N) is 2. The standard InChI is InChI=1S/C22H21N3O5S/c1-15(21(26)25-17-11-13-18(14-12-17)31(23,28)29)30-22(27)19-9-5-6-10-20(19)24-16-7-3-2-4-8-16/h2-15,24H,1H3,(H,25,26)(H2,23,28,29)/t15-/m0/s1. The summed E-state index contributed by atoms with van der Waals surface area (Å²) in [6, 6.07) is 21.5. The normalized spacial score (nSPS) is 11.9. The lowest BCUT2D eigenvalue weighted by Crippen LogP contribution is -2.30. The van der Waals surface area contributed by atoms with Crippen molar-refractivity contribution in [2.24, 2.45) is 5.14 Å². The molecule has 0 aliphatic carbocycles. The van der Waals surface area contributed by atoms with E-state index in [2.05, 4.69) is 10.6 Å². The van der Waals surface area contributed by atoms with E-state index in [1.54, 1.807) is 24.3 Å². The Kier molecular flexibility index (Phi) is 6.68. The van der Waals surface area contributed by atoms with Crippen LogP contribution in [0.25, 0.3) is 0 Å². The van der Waals surface area contributed by atoms with E-state index < -0.39 is 28.0 Å². The summed E-state index contributed by atoms with van der Waals surface area (Å²) in [7, 11) is -3.83. The lowest BCUT2D eigenvalue weighted by atomic mass is 10.1. The molecule has 1 amide bonds. The van der Waals surface area contributed by atoms with E-state index in [0.29, 0.717) is 11.4 Å². The van der Waals surface area contributed by atoms with Crippen molar-refractivity contribution < 1.29 is 22.7 Å². The van der Waals surface area contributed by atoms with Crippen LogP contribution in [0, 0.1) is 0 Å². The van der Waals surface area contributed by atoms with E-state index in [4.69, 9.17) is 9.88 Å². The highest BCUT2D eigenvalue weighted by Crippen LogP contribution is 2.22. The SMILES string of the molecule is C[C@H](OC(=O)c1ccccc1Nc1ccccc1)C(=O)Nc1ccc(S(N)(=O)=O)cc1. The van der Waals surface area contributed by atoms with E-state index in [0.717, 1.165) is 5.69 Å². The van der Waals surface area contributed by atoms with Crippen molar-refractivity contribution >= 4 is 39.0 Å². The van der Waals surface area contributed by atoms with Crippen molar-refractivity contribution in [3.05, 3.63) is 84.4 Å². The molecule has 3 aromatic carbocycles. The zero-order valence-corrected chi connectivity index (χ0v) is 17.4. The Morgan fingerprint density at radius 3 is 2.13 bits per heavy atom. The van der Waals surface area contributed by atoms with Crippen LogP contribution in [-0.2, 0) is 19.6 Å². The maximum absolute atomic E-state index is 12.7. The van der Waals surface area contributed by atoms with Gasteiger partial charge in [0.15, 0.2) is 6.10 Å². The zero-order chi connectivity index (χ0) is 22.4. The van der Waals surface area contributed by atoms with Gasteiger partial charge < -0.3 is 15.4 Å². The largest absolute Gasteiger partial charge is 0.449 e. The summed E-state index contributed by atoms with van der Waals surface area (Å²) in [4.78, 5) is 25.0. The van der Waals surface area contributed by atoms with E-state index >= 15 is 0 Å². The molecule has 0 aromatic heterocycles. The van der Waals surface area contributed by atoms with E-state index in [-0.39, 0.29) is 10.5 Å². The molecule has 8 nitrogen and oxygen atoms in total. The first-order valence-corrected chi connectivity index (χ1v) is 10.8. The number of benzene rings is 3. The van der Waals surface area contributed by atoms with Crippen molar-refractivity contribution in [1.29, 1.82) is 0 Å². The monoisotopic (exact) mass is 439 g/mol. The Morgan fingerprint density at radius 1 is 0.871 bits per heavy atom. The number of ether oxygens (including phenoxy) is 1. The van der Waals surface area contributed by atoms with Crippen LogP contribution in [-0.4, -0.2) is 26.4 Å². The summed E-state index contributed by atoms with van der Waals surface area (Å²) in [5.74, 6) is -1.23. The first kappa shape index (κ1) is 22.0. The molecule has 4 N–H and O–H groups in total. The van der Waals surface area contributed by atoms with E-state index in [1.165, 1.54) is 31.2 Å². The number of carbonyl (C=O) groups is 2. The molecule has 0 heterocycles. The molecule has 0 saturated carbocycles. The van der Waals surface area contributed by atoms with E-state index in [9.17, 15) is 18.0 Å². The highest BCUT2D eigenvalue weighted by Gasteiger charge is 2.21. The second kappa shape index (κ2) is 9.41. The van der Waals surface area contributed by atoms with Gasteiger partial charge in [0, 0.05) is 11.4 Å². The molecule has 0 aliphatic heterocycles. The molecule has 160 valence electrons. The Labute approximate surface area is 180 Å². The summed E-state index contributed by atoms with van der Waals surface area (Å²) in [5.41, 5.74) is 1.97. The summed E-state index contributed by atoms with van der Waals surface area (Å²) >= 11 is 0. The third-order valence-corrected chi connectivity index (χ3v) is 5.23. The van der Waals surface area contributed by atoms with Crippen molar-refractivity contribution in [1.82, 2.24) is 0 Å². The lowest BCUT2D eigenvalue weighted by Gasteiger charge is -2.16. The maximum atomic E-state index is 12.7. The summed E-state index contributed by atoms with van der Waals surface area (Å²) in [6.07, 6.45) is -1.09. The van der Waals surface area contributed by atoms with Gasteiger partial charge in [0.1, 0.15) is 0 Å². The van der Waals surface area contributed by atoms with Gasteiger partial charge in [-0.3, -0.25) is 4.79 Å². The molecule has 0 fully saturated rings. The van der Waals surface area contributed by atoms with Crippen molar-refractivity contribution in [2.75, 3.05) is 10.6 Å². The Bertz CT molecular complexity index is 1180. The number of carbonyl (C=O) groups excluding carboxylic acids is 2. The molecule has 3 aromatic rings. The van der Waals surface area contributed by atoms with Crippen LogP contribution in [0.1, 0.15) is 17.3 Å². The molecule has 0 aliphatic rings. The molecule has 0 spiro atoms. The van der Waals surface area contributed by atoms with Crippen LogP contribution in [0.5, 0.6) is 0 Å². The number of rotatable bonds is 7. The van der Waals surface area contributed by atoms with Gasteiger partial charge in [0.05, 0.1) is 16.1 Å². The van der Waals surface area contributed by atoms with Gasteiger partial charge in [-0.15, -0.1) is 0 Å². The van der Waals surface area contributed by atoms with Gasteiger partial charge in [0.25, 0.3) is 5.91 Å². The lowest BCUT2D eigenvalue weighted by molar-refractivity contribution is -0.123. The minimum Gasteiger partial charge on any atom is -0.449 e. The fourth-order valence-corrected chi connectivity index (χ4v) is 3.21. The van der Waals surface area contributed by atoms with Crippen LogP contribution in [0.15, 0.2) is 83.8 Å². The van der Waals surface area contributed by atoms with Crippen LogP contribution in [0.2, 0.25) is 0 Å². The molecular weight excluding hydrogens is 418 g/mol. The highest BCUT2D eigenvalue weighted by atomic mass is 32.2. The van der Waals surface area contributed by atoms with Crippen molar-refractivity contribution in [2.45, 2.75) is 17.9 Å². The topological polar surface area (TPSA) is 128 Å². The second-order valence-corrected chi connectivity index (χ2v) is 8.20. The Balaban J connectivity index is 1.66. The van der Waals surface area contributed by atoms with Gasteiger partial charge >= 0.3 is 5.97 Å². The number of amides is 1. The fourth-order valence-electron chi connectivity index (χ4n) is 2.70. The molecule has 9 heteroatoms. The first-order valence-electron chi connectivity index (χ1n) is 9.30. The number of para-hydroxylation sites is 2. The molecule has 0 bridgehead atoms. The summed E-state index contributed by atoms with van der Waals surface area (Å²) in [6.45, 7) is 1.44. The number of hydrogen-bond acceptors (Lipinski definition) is 6. The highest BCUT2D eigenvalue weighted by molar-refractivity contribution is 7.89. The minimum atomic E-state index is -3.83. The molecule has 0 unspecified atom stereocenters. The number of hydrogen-bond donors (Lipinski definition) is 3. The molecule has 3 rings (SSSR count). The second-order valence-electron chi connectivity index (χ2n) is 6.64. The minimum absolute atomic E-state index is 0.0764. The van der Waals surface area contributed by atoms with Gasteiger partial charge in [-0.1, -0.05) is 30.3 Å². The predicted molar refractivity (Wildman–Crippen MR) is 117 cm³/mol. The summed E-state index contributed by atoms with van der Waals surface area (Å²) < 4.78 is 27.9. The first-order chi connectivity index (χ1) is 14.7. The summed E-state index contributed by atoms with van der Waals surface area (Å²) in [5, 5.41) is 10.8. The predicted octanol–water partition coefficient (Wildman–Crippen LogP) is 3.26. The smallest absolute Gasteiger partial charge is 0.341 e. The van der Waals surface area contributed by atoms with Crippen LogP contribution >= 0.6 is 0 Å². The van der Waals surface area contributed by atoms with Gasteiger partial charge in [0.2, 0.25) is 10.0 Å². The van der Waals surface area contributed by atoms with Gasteiger partial charge in [-0.2, -0.15) is 0 Å². The van der Waals surface area contributed by atoms with Crippen molar-refractivity contribution in [3.63, 3.8) is 0 Å². The quantitative estimate of drug-likeness (QED) is 0.485. The Morgan fingerprint density at radius 2 is 1.48 bits per heavy atom. The van der Waals surface area contributed by atoms with E-state index in [1.807, 2.05) is 30.3 Å². The zero-order valence-electron chi connectivity index (χ0n) is 16.6. The van der Waals surface area contributed by atoms with Crippen LogP contribution in [0.3, 0.4) is 0 Å². The number of anilines is 3. The van der Waals surface area contributed by atoms with Gasteiger partial charge in [-0.05, 0) is 55.5 Å². The molecule has 0 radical (unpaired) electrons. The number of nitrogens with two attached hydrogens (primary N) is 1. The van der Waals surface area contributed by atoms with Crippen LogP contribution < -0.4 is 15.8 Å². The molecule has 31 heavy (non-hydrogen) atoms. The number of esters is 1. The van der Waals surface area contributed by atoms with Gasteiger partial charge in [-0.25, -0.2) is 18.4 Å². The average molecular weight is 439 g/mol. The molecule has 1 atom stereocenters. The van der Waals surface area contributed by atoms with Crippen molar-refractivity contribution in [3.8, 4) is 0 Å². The third kappa shape index (κ3) is 5.91. The fraction of sp³-hybridized carbons (Fsp3) is 0.0909. The number of primary sulfonamides is 1. The third-order valence-electron chi connectivity index (χ3n) is 4.30. The Hall–Kier alpha value is -3.69. The maximum Gasteiger partial charge on any atom is 0.341 e. The number of sulfonamides is 1. The molecule has 0 saturated heterocycles.